The van der Waals surface area contributed by atoms with Gasteiger partial charge in [0.2, 0.25) is 0 Å². The number of fused-ring (bicyclic) bond motifs is 1. The van der Waals surface area contributed by atoms with Crippen LogP contribution in [0.4, 0.5) is 0 Å². The number of unbranched alkanes of at least 4 members (excludes halogenated alkanes) is 1. The molecule has 31 heavy (non-hydrogen) atoms. The van der Waals surface area contributed by atoms with Gasteiger partial charge in [-0.2, -0.15) is 0 Å². The van der Waals surface area contributed by atoms with Crippen molar-refractivity contribution in [1.29, 1.82) is 0 Å². The van der Waals surface area contributed by atoms with Crippen LogP contribution in [0.3, 0.4) is 0 Å². The van der Waals surface area contributed by atoms with Crippen molar-refractivity contribution in [2.45, 2.75) is 19.8 Å². The van der Waals surface area contributed by atoms with Crippen LogP contribution < -0.4 is 4.74 Å². The van der Waals surface area contributed by atoms with Gasteiger partial charge in [0.25, 0.3) is 0 Å². The average Bonchev–Trinajstić information content (AvgIpc) is 3.24. The Morgan fingerprint density at radius 2 is 1.81 bits per heavy atom. The van der Waals surface area contributed by atoms with Crippen LogP contribution in [0.5, 0.6) is 17.2 Å². The molecule has 158 valence electrons. The Bertz CT molecular complexity index is 1210. The van der Waals surface area contributed by atoms with Crippen LogP contribution in [-0.4, -0.2) is 22.7 Å². The minimum absolute atomic E-state index is 0.0774. The molecule has 0 aliphatic heterocycles. The number of para-hydroxylation sites is 1. The van der Waals surface area contributed by atoms with E-state index < -0.39 is 5.97 Å². The molecule has 0 spiro atoms. The molecule has 2 aromatic heterocycles. The molecule has 2 aromatic carbocycles. The molecule has 0 saturated carbocycles. The number of carbonyl (C=O) groups excluding carboxylic acids is 1. The van der Waals surface area contributed by atoms with E-state index in [1.54, 1.807) is 0 Å². The lowest BCUT2D eigenvalue weighted by atomic mass is 10.1. The normalized spacial score (nSPS) is 10.9. The van der Waals surface area contributed by atoms with Crippen LogP contribution in [0, 0.1) is 0 Å². The highest BCUT2D eigenvalue weighted by Crippen LogP contribution is 2.42. The number of rotatable bonds is 7. The van der Waals surface area contributed by atoms with Gasteiger partial charge in [-0.1, -0.05) is 31.5 Å². The summed E-state index contributed by atoms with van der Waals surface area (Å²) in [4.78, 5) is 17.5. The SMILES string of the molecule is CCCCOC(=O)c1nc(Br)c2sc(-c3ccc(Oc4ccccc4)cc3)cc2c1O. The van der Waals surface area contributed by atoms with Crippen LogP contribution in [0.2, 0.25) is 0 Å². The Kier molecular flexibility index (Phi) is 6.53. The first kappa shape index (κ1) is 21.3. The van der Waals surface area contributed by atoms with Crippen LogP contribution in [-0.2, 0) is 4.74 Å². The smallest absolute Gasteiger partial charge is 0.360 e. The molecule has 0 radical (unpaired) electrons. The summed E-state index contributed by atoms with van der Waals surface area (Å²) in [6.07, 6.45) is 1.68. The van der Waals surface area contributed by atoms with Gasteiger partial charge in [-0.15, -0.1) is 11.3 Å². The van der Waals surface area contributed by atoms with Gasteiger partial charge >= 0.3 is 5.97 Å². The minimum Gasteiger partial charge on any atom is -0.505 e. The monoisotopic (exact) mass is 497 g/mol. The van der Waals surface area contributed by atoms with Crippen molar-refractivity contribution in [3.8, 4) is 27.7 Å². The van der Waals surface area contributed by atoms with Gasteiger partial charge in [-0.3, -0.25) is 0 Å². The van der Waals surface area contributed by atoms with Crippen molar-refractivity contribution in [2.24, 2.45) is 0 Å². The Labute approximate surface area is 192 Å². The van der Waals surface area contributed by atoms with Crippen molar-refractivity contribution in [1.82, 2.24) is 4.98 Å². The zero-order valence-corrected chi connectivity index (χ0v) is 19.2. The van der Waals surface area contributed by atoms with Gasteiger partial charge in [0.1, 0.15) is 16.1 Å². The number of hydrogen-bond acceptors (Lipinski definition) is 6. The van der Waals surface area contributed by atoms with Gasteiger partial charge < -0.3 is 14.6 Å². The molecule has 0 amide bonds. The molecule has 0 aliphatic rings. The third-order valence-corrected chi connectivity index (χ3v) is 6.68. The second-order valence-electron chi connectivity index (χ2n) is 6.88. The highest BCUT2D eigenvalue weighted by molar-refractivity contribution is 9.10. The molecule has 4 rings (SSSR count). The maximum atomic E-state index is 12.3. The molecule has 0 saturated heterocycles. The van der Waals surface area contributed by atoms with Gasteiger partial charge in [0.05, 0.1) is 11.3 Å². The van der Waals surface area contributed by atoms with Crippen molar-refractivity contribution in [3.63, 3.8) is 0 Å². The van der Waals surface area contributed by atoms with Crippen molar-refractivity contribution >= 4 is 43.3 Å². The fraction of sp³-hybridized carbons (Fsp3) is 0.167. The number of aromatic nitrogens is 1. The van der Waals surface area contributed by atoms with E-state index in [0.29, 0.717) is 16.6 Å². The number of nitrogens with zero attached hydrogens (tertiary/aromatic N) is 1. The lowest BCUT2D eigenvalue weighted by Gasteiger charge is -2.06. The summed E-state index contributed by atoms with van der Waals surface area (Å²) in [5.41, 5.74) is 0.895. The number of esters is 1. The van der Waals surface area contributed by atoms with Crippen molar-refractivity contribution < 1.29 is 19.4 Å². The van der Waals surface area contributed by atoms with Gasteiger partial charge in [0, 0.05) is 10.3 Å². The first-order valence-electron chi connectivity index (χ1n) is 9.89. The predicted octanol–water partition coefficient (Wildman–Crippen LogP) is 7.18. The average molecular weight is 498 g/mol. The van der Waals surface area contributed by atoms with E-state index in [1.165, 1.54) is 11.3 Å². The minimum atomic E-state index is -0.622. The fourth-order valence-electron chi connectivity index (χ4n) is 3.02. The number of thiophene rings is 1. The number of hydrogen-bond donors (Lipinski definition) is 1. The molecular weight excluding hydrogens is 478 g/mol. The van der Waals surface area contributed by atoms with Crippen LogP contribution in [0.25, 0.3) is 20.5 Å². The molecule has 0 atom stereocenters. The van der Waals surface area contributed by atoms with Gasteiger partial charge in [-0.25, -0.2) is 9.78 Å². The summed E-state index contributed by atoms with van der Waals surface area (Å²) in [5.74, 6) is 0.726. The lowest BCUT2D eigenvalue weighted by molar-refractivity contribution is 0.0489. The van der Waals surface area contributed by atoms with E-state index >= 15 is 0 Å². The van der Waals surface area contributed by atoms with Crippen molar-refractivity contribution in [2.75, 3.05) is 6.61 Å². The summed E-state index contributed by atoms with van der Waals surface area (Å²) < 4.78 is 12.3. The van der Waals surface area contributed by atoms with E-state index in [0.717, 1.165) is 39.5 Å². The second-order valence-corrected chi connectivity index (χ2v) is 8.69. The van der Waals surface area contributed by atoms with Gasteiger partial charge in [-0.05, 0) is 70.4 Å². The van der Waals surface area contributed by atoms with E-state index in [4.69, 9.17) is 9.47 Å². The van der Waals surface area contributed by atoms with E-state index in [1.807, 2.05) is 67.6 Å². The highest BCUT2D eigenvalue weighted by Gasteiger charge is 2.22. The summed E-state index contributed by atoms with van der Waals surface area (Å²) in [7, 11) is 0. The highest BCUT2D eigenvalue weighted by atomic mass is 79.9. The zero-order chi connectivity index (χ0) is 21.8. The summed E-state index contributed by atoms with van der Waals surface area (Å²) in [5, 5.41) is 11.2. The molecular formula is C24H20BrNO4S. The van der Waals surface area contributed by atoms with Crippen LogP contribution in [0.15, 0.2) is 65.3 Å². The molecule has 4 aromatic rings. The number of halogens is 1. The molecule has 5 nitrogen and oxygen atoms in total. The third-order valence-electron chi connectivity index (χ3n) is 4.65. The summed E-state index contributed by atoms with van der Waals surface area (Å²) in [6, 6.07) is 19.2. The molecule has 0 aliphatic carbocycles. The fourth-order valence-corrected chi connectivity index (χ4v) is 4.70. The standard InChI is InChI=1S/C24H20BrNO4S/c1-2-3-13-29-24(28)20-21(27)18-14-19(31-22(18)23(25)26-20)15-9-11-17(12-10-15)30-16-7-5-4-6-8-16/h4-12,14,27H,2-3,13H2,1H3. The Balaban J connectivity index is 1.61. The Hall–Kier alpha value is -2.90. The first-order valence-corrected chi connectivity index (χ1v) is 11.5. The number of aromatic hydroxyl groups is 1. The van der Waals surface area contributed by atoms with Gasteiger partial charge in [0.15, 0.2) is 11.4 Å². The third kappa shape index (κ3) is 4.73. The molecule has 2 heterocycles. The van der Waals surface area contributed by atoms with Crippen LogP contribution in [0.1, 0.15) is 30.3 Å². The Morgan fingerprint density at radius 1 is 1.10 bits per heavy atom. The molecule has 0 fully saturated rings. The number of benzene rings is 2. The largest absolute Gasteiger partial charge is 0.505 e. The predicted molar refractivity (Wildman–Crippen MR) is 126 cm³/mol. The van der Waals surface area contributed by atoms with Crippen LogP contribution >= 0.6 is 27.3 Å². The first-order chi connectivity index (χ1) is 15.1. The zero-order valence-electron chi connectivity index (χ0n) is 16.8. The van der Waals surface area contributed by atoms with E-state index in [9.17, 15) is 9.90 Å². The quantitative estimate of drug-likeness (QED) is 0.166. The summed E-state index contributed by atoms with van der Waals surface area (Å²) in [6.45, 7) is 2.32. The topological polar surface area (TPSA) is 68.7 Å². The van der Waals surface area contributed by atoms with E-state index in [-0.39, 0.29) is 11.4 Å². The molecule has 7 heteroatoms. The second kappa shape index (κ2) is 9.49. The maximum Gasteiger partial charge on any atom is 0.360 e. The number of pyridine rings is 1. The lowest BCUT2D eigenvalue weighted by Crippen LogP contribution is -2.09. The number of carbonyl (C=O) groups is 1. The Morgan fingerprint density at radius 3 is 2.52 bits per heavy atom. The van der Waals surface area contributed by atoms with Crippen molar-refractivity contribution in [3.05, 3.63) is 71.0 Å². The molecule has 0 bridgehead atoms. The number of ether oxygens (including phenoxy) is 2. The molecule has 0 unspecified atom stereocenters. The maximum absolute atomic E-state index is 12.3. The molecule has 1 N–H and O–H groups in total. The summed E-state index contributed by atoms with van der Waals surface area (Å²) >= 11 is 4.91. The van der Waals surface area contributed by atoms with E-state index in [2.05, 4.69) is 20.9 Å².